The zero-order valence-corrected chi connectivity index (χ0v) is 13.9. The summed E-state index contributed by atoms with van der Waals surface area (Å²) in [5.41, 5.74) is 1.45. The zero-order valence-electron chi connectivity index (χ0n) is 13.2. The van der Waals surface area contributed by atoms with Crippen LogP contribution < -0.4 is 10.6 Å². The summed E-state index contributed by atoms with van der Waals surface area (Å²) in [7, 11) is 0. The van der Waals surface area contributed by atoms with Crippen LogP contribution in [0.2, 0.25) is 5.02 Å². The lowest BCUT2D eigenvalue weighted by molar-refractivity contribution is 0.0948. The summed E-state index contributed by atoms with van der Waals surface area (Å²) in [5, 5.41) is 6.75. The van der Waals surface area contributed by atoms with Gasteiger partial charge in [0.15, 0.2) is 0 Å². The van der Waals surface area contributed by atoms with Crippen LogP contribution in [0.3, 0.4) is 0 Å². The molecule has 0 spiro atoms. The van der Waals surface area contributed by atoms with Gasteiger partial charge in [-0.25, -0.2) is 9.97 Å². The van der Waals surface area contributed by atoms with Crippen LogP contribution >= 0.6 is 11.6 Å². The molecule has 0 aliphatic carbocycles. The highest BCUT2D eigenvalue weighted by Gasteiger charge is 2.08. The molecule has 0 aliphatic rings. The Balaban J connectivity index is 1.88. The average molecular weight is 333 g/mol. The summed E-state index contributed by atoms with van der Waals surface area (Å²) in [6, 6.07) is 9.22. The van der Waals surface area contributed by atoms with Gasteiger partial charge in [0.1, 0.15) is 17.8 Å². The number of amides is 1. The smallest absolute Gasteiger partial charge is 0.270 e. The molecule has 0 saturated heterocycles. The van der Waals surface area contributed by atoms with E-state index in [0.717, 1.165) is 24.8 Å². The van der Waals surface area contributed by atoms with E-state index in [4.69, 9.17) is 11.6 Å². The van der Waals surface area contributed by atoms with Crippen molar-refractivity contribution in [3.8, 4) is 0 Å². The van der Waals surface area contributed by atoms with Crippen molar-refractivity contribution in [2.75, 3.05) is 11.9 Å². The Morgan fingerprint density at radius 1 is 1.17 bits per heavy atom. The first-order chi connectivity index (χ1) is 11.2. The minimum Gasteiger partial charge on any atom is -0.366 e. The van der Waals surface area contributed by atoms with Gasteiger partial charge in [-0.05, 0) is 24.1 Å². The Morgan fingerprint density at radius 2 is 1.96 bits per heavy atom. The second kappa shape index (κ2) is 9.10. The summed E-state index contributed by atoms with van der Waals surface area (Å²) in [6.07, 6.45) is 4.61. The number of carbonyl (C=O) groups is 1. The molecule has 0 saturated carbocycles. The third-order valence-corrected chi connectivity index (χ3v) is 3.60. The molecule has 1 heterocycles. The second-order valence-electron chi connectivity index (χ2n) is 5.23. The molecule has 2 aromatic rings. The number of hydrogen-bond donors (Lipinski definition) is 2. The number of anilines is 1. The maximum absolute atomic E-state index is 12.0. The number of aromatic nitrogens is 2. The van der Waals surface area contributed by atoms with E-state index in [1.165, 1.54) is 6.33 Å². The summed E-state index contributed by atoms with van der Waals surface area (Å²) in [5.74, 6) is 0.451. The van der Waals surface area contributed by atoms with Gasteiger partial charge in [-0.3, -0.25) is 4.79 Å². The number of unbranched alkanes of at least 4 members (excludes halogenated alkanes) is 2. The predicted molar refractivity (Wildman–Crippen MR) is 92.7 cm³/mol. The summed E-state index contributed by atoms with van der Waals surface area (Å²) in [4.78, 5) is 20.2. The number of hydrogen-bond acceptors (Lipinski definition) is 4. The quantitative estimate of drug-likeness (QED) is 0.724. The third-order valence-electron chi connectivity index (χ3n) is 3.35. The number of halogens is 1. The van der Waals surface area contributed by atoms with Gasteiger partial charge in [-0.1, -0.05) is 43.5 Å². The fourth-order valence-corrected chi connectivity index (χ4v) is 2.17. The van der Waals surface area contributed by atoms with Gasteiger partial charge in [-0.15, -0.1) is 0 Å². The molecule has 0 radical (unpaired) electrons. The molecule has 5 nitrogen and oxygen atoms in total. The molecule has 2 rings (SSSR count). The minimum absolute atomic E-state index is 0.168. The highest BCUT2D eigenvalue weighted by molar-refractivity contribution is 6.30. The normalized spacial score (nSPS) is 10.3. The molecule has 1 aromatic carbocycles. The average Bonchev–Trinajstić information content (AvgIpc) is 2.58. The molecule has 0 fully saturated rings. The lowest BCUT2D eigenvalue weighted by Gasteiger charge is -2.08. The molecule has 0 bridgehead atoms. The molecule has 1 amide bonds. The van der Waals surface area contributed by atoms with Gasteiger partial charge >= 0.3 is 0 Å². The largest absolute Gasteiger partial charge is 0.366 e. The van der Waals surface area contributed by atoms with Crippen molar-refractivity contribution in [3.05, 3.63) is 52.9 Å². The Labute approximate surface area is 141 Å². The van der Waals surface area contributed by atoms with Crippen molar-refractivity contribution in [1.82, 2.24) is 15.3 Å². The van der Waals surface area contributed by atoms with Gasteiger partial charge in [0.25, 0.3) is 5.91 Å². The van der Waals surface area contributed by atoms with Crippen molar-refractivity contribution in [2.24, 2.45) is 0 Å². The Kier molecular flexibility index (Phi) is 6.81. The Morgan fingerprint density at radius 3 is 2.70 bits per heavy atom. The first kappa shape index (κ1) is 17.2. The van der Waals surface area contributed by atoms with Crippen molar-refractivity contribution in [3.63, 3.8) is 0 Å². The highest BCUT2D eigenvalue weighted by atomic mass is 35.5. The van der Waals surface area contributed by atoms with E-state index in [0.29, 0.717) is 29.6 Å². The lowest BCUT2D eigenvalue weighted by Crippen LogP contribution is -2.25. The third kappa shape index (κ3) is 5.87. The van der Waals surface area contributed by atoms with Crippen molar-refractivity contribution >= 4 is 23.3 Å². The minimum atomic E-state index is -0.168. The predicted octanol–water partition coefficient (Wildman–Crippen LogP) is 3.66. The van der Waals surface area contributed by atoms with Crippen molar-refractivity contribution < 1.29 is 4.79 Å². The monoisotopic (exact) mass is 332 g/mol. The van der Waals surface area contributed by atoms with Gasteiger partial charge < -0.3 is 10.6 Å². The van der Waals surface area contributed by atoms with Crippen LogP contribution in [0.5, 0.6) is 0 Å². The summed E-state index contributed by atoms with van der Waals surface area (Å²) < 4.78 is 0. The van der Waals surface area contributed by atoms with Crippen LogP contribution in [0.25, 0.3) is 0 Å². The van der Waals surface area contributed by atoms with Crippen LogP contribution in [0.15, 0.2) is 36.7 Å². The summed E-state index contributed by atoms with van der Waals surface area (Å²) >= 11 is 5.86. The fraction of sp³-hybridized carbons (Fsp3) is 0.353. The van der Waals surface area contributed by atoms with Crippen LogP contribution in [-0.2, 0) is 6.54 Å². The molecule has 0 aliphatic heterocycles. The molecule has 2 N–H and O–H groups in total. The molecule has 23 heavy (non-hydrogen) atoms. The van der Waals surface area contributed by atoms with E-state index in [1.807, 2.05) is 24.3 Å². The standard InChI is InChI=1S/C17H21ClN4O/c1-2-3-4-9-19-17(23)15-10-16(22-12-21-15)20-11-13-5-7-14(18)8-6-13/h5-8,10,12H,2-4,9,11H2,1H3,(H,19,23)(H,20,21,22). The molecule has 6 heteroatoms. The van der Waals surface area contributed by atoms with E-state index in [1.54, 1.807) is 6.07 Å². The zero-order chi connectivity index (χ0) is 16.5. The van der Waals surface area contributed by atoms with Gasteiger partial charge in [0, 0.05) is 24.2 Å². The van der Waals surface area contributed by atoms with E-state index in [-0.39, 0.29) is 5.91 Å². The first-order valence-electron chi connectivity index (χ1n) is 7.77. The van der Waals surface area contributed by atoms with Crippen LogP contribution in [0.1, 0.15) is 42.2 Å². The number of rotatable bonds is 8. The Bertz CT molecular complexity index is 631. The molecule has 122 valence electrons. The number of nitrogens with one attached hydrogen (secondary N) is 2. The maximum Gasteiger partial charge on any atom is 0.270 e. The van der Waals surface area contributed by atoms with Crippen LogP contribution in [0.4, 0.5) is 5.82 Å². The van der Waals surface area contributed by atoms with E-state index in [2.05, 4.69) is 27.5 Å². The lowest BCUT2D eigenvalue weighted by atomic mass is 10.2. The number of nitrogens with zero attached hydrogens (tertiary/aromatic N) is 2. The molecular weight excluding hydrogens is 312 g/mol. The van der Waals surface area contributed by atoms with Crippen LogP contribution in [0, 0.1) is 0 Å². The number of benzene rings is 1. The van der Waals surface area contributed by atoms with E-state index in [9.17, 15) is 4.79 Å². The SMILES string of the molecule is CCCCCNC(=O)c1cc(NCc2ccc(Cl)cc2)ncn1. The highest BCUT2D eigenvalue weighted by Crippen LogP contribution is 2.11. The second-order valence-corrected chi connectivity index (χ2v) is 5.67. The fourth-order valence-electron chi connectivity index (χ4n) is 2.04. The molecule has 0 atom stereocenters. The topological polar surface area (TPSA) is 66.9 Å². The van der Waals surface area contributed by atoms with E-state index >= 15 is 0 Å². The van der Waals surface area contributed by atoms with E-state index < -0.39 is 0 Å². The van der Waals surface area contributed by atoms with Gasteiger partial charge in [0.05, 0.1) is 0 Å². The first-order valence-corrected chi connectivity index (χ1v) is 8.15. The van der Waals surface area contributed by atoms with Gasteiger partial charge in [0.2, 0.25) is 0 Å². The molecule has 1 aromatic heterocycles. The van der Waals surface area contributed by atoms with Gasteiger partial charge in [-0.2, -0.15) is 0 Å². The molecular formula is C17H21ClN4O. The van der Waals surface area contributed by atoms with Crippen molar-refractivity contribution in [2.45, 2.75) is 32.7 Å². The number of carbonyl (C=O) groups excluding carboxylic acids is 1. The van der Waals surface area contributed by atoms with Crippen molar-refractivity contribution in [1.29, 1.82) is 0 Å². The Hall–Kier alpha value is -2.14. The van der Waals surface area contributed by atoms with Crippen LogP contribution in [-0.4, -0.2) is 22.4 Å². The summed E-state index contributed by atoms with van der Waals surface area (Å²) in [6.45, 7) is 3.40. The maximum atomic E-state index is 12.0. The molecule has 0 unspecified atom stereocenters.